The summed E-state index contributed by atoms with van der Waals surface area (Å²) in [5.74, 6) is 0.372. The maximum absolute atomic E-state index is 12.1. The molecule has 0 saturated carbocycles. The summed E-state index contributed by atoms with van der Waals surface area (Å²) in [5, 5.41) is 0. The van der Waals surface area contributed by atoms with E-state index in [1.165, 1.54) is 51.4 Å². The second kappa shape index (κ2) is 14.9. The molecular weight excluding hydrogens is 246 g/mol. The first-order chi connectivity index (χ1) is 9.76. The largest absolute Gasteiger partial charge is 0.343 e. The highest BCUT2D eigenvalue weighted by Crippen LogP contribution is 2.11. The van der Waals surface area contributed by atoms with E-state index in [1.54, 1.807) is 0 Å². The van der Waals surface area contributed by atoms with E-state index >= 15 is 0 Å². The van der Waals surface area contributed by atoms with Crippen LogP contribution in [-0.2, 0) is 4.79 Å². The molecule has 0 aromatic heterocycles. The van der Waals surface area contributed by atoms with Gasteiger partial charge in [-0.25, -0.2) is 0 Å². The van der Waals surface area contributed by atoms with Crippen molar-refractivity contribution in [1.82, 2.24) is 4.90 Å². The van der Waals surface area contributed by atoms with Crippen molar-refractivity contribution in [2.24, 2.45) is 0 Å². The van der Waals surface area contributed by atoms with Crippen LogP contribution in [0.1, 0.15) is 97.8 Å². The van der Waals surface area contributed by atoms with E-state index in [0.717, 1.165) is 38.8 Å². The molecule has 0 atom stereocenters. The number of nitrogens with zero attached hydrogens (tertiary/aromatic N) is 1. The van der Waals surface area contributed by atoms with E-state index in [9.17, 15) is 4.79 Å². The van der Waals surface area contributed by atoms with Gasteiger partial charge in [-0.15, -0.1) is 0 Å². The molecule has 0 heterocycles. The number of hydrogen-bond acceptors (Lipinski definition) is 1. The van der Waals surface area contributed by atoms with Gasteiger partial charge in [-0.3, -0.25) is 4.79 Å². The molecule has 0 aromatic carbocycles. The molecule has 1 amide bonds. The van der Waals surface area contributed by atoms with E-state index in [-0.39, 0.29) is 0 Å². The fourth-order valence-electron chi connectivity index (χ4n) is 2.65. The molecule has 2 nitrogen and oxygen atoms in total. The summed E-state index contributed by atoms with van der Waals surface area (Å²) in [7, 11) is 0. The Hall–Kier alpha value is -0.530. The van der Waals surface area contributed by atoms with Gasteiger partial charge in [-0.1, -0.05) is 72.1 Å². The molecule has 0 aliphatic carbocycles. The number of carbonyl (C=O) groups excluding carboxylic acids is 1. The quantitative estimate of drug-likeness (QED) is 0.382. The third kappa shape index (κ3) is 11.3. The van der Waals surface area contributed by atoms with Gasteiger partial charge in [0.1, 0.15) is 0 Å². The molecule has 2 heteroatoms. The highest BCUT2D eigenvalue weighted by atomic mass is 16.2. The first-order valence-corrected chi connectivity index (χ1v) is 9.04. The highest BCUT2D eigenvalue weighted by Gasteiger charge is 2.10. The average Bonchev–Trinajstić information content (AvgIpc) is 2.45. The number of carbonyl (C=O) groups is 1. The van der Waals surface area contributed by atoms with Crippen molar-refractivity contribution in [3.63, 3.8) is 0 Å². The molecule has 0 unspecified atom stereocenters. The molecular formula is C18H37NO. The van der Waals surface area contributed by atoms with Crippen molar-refractivity contribution in [2.75, 3.05) is 13.1 Å². The zero-order valence-electron chi connectivity index (χ0n) is 14.3. The topological polar surface area (TPSA) is 20.3 Å². The van der Waals surface area contributed by atoms with E-state index in [1.807, 2.05) is 4.90 Å². The smallest absolute Gasteiger partial charge is 0.222 e. The molecule has 0 radical (unpaired) electrons. The van der Waals surface area contributed by atoms with Gasteiger partial charge in [-0.2, -0.15) is 0 Å². The Morgan fingerprint density at radius 3 is 1.55 bits per heavy atom. The van der Waals surface area contributed by atoms with Crippen LogP contribution in [0, 0.1) is 0 Å². The van der Waals surface area contributed by atoms with E-state index < -0.39 is 0 Å². The van der Waals surface area contributed by atoms with Crippen LogP contribution >= 0.6 is 0 Å². The summed E-state index contributed by atoms with van der Waals surface area (Å²) in [6, 6.07) is 0. The van der Waals surface area contributed by atoms with Crippen LogP contribution in [0.15, 0.2) is 0 Å². The van der Waals surface area contributed by atoms with Crippen molar-refractivity contribution >= 4 is 5.91 Å². The first kappa shape index (κ1) is 19.5. The molecule has 0 rings (SSSR count). The lowest BCUT2D eigenvalue weighted by atomic mass is 10.1. The predicted octanol–water partition coefficient (Wildman–Crippen LogP) is 5.56. The Morgan fingerprint density at radius 2 is 1.10 bits per heavy atom. The lowest BCUT2D eigenvalue weighted by Gasteiger charge is -2.21. The van der Waals surface area contributed by atoms with Crippen LogP contribution < -0.4 is 0 Å². The monoisotopic (exact) mass is 283 g/mol. The van der Waals surface area contributed by atoms with Gasteiger partial charge in [0, 0.05) is 19.5 Å². The number of hydrogen-bond donors (Lipinski definition) is 0. The summed E-state index contributed by atoms with van der Waals surface area (Å²) in [6.07, 6.45) is 14.8. The van der Waals surface area contributed by atoms with Crippen LogP contribution in [0.2, 0.25) is 0 Å². The molecule has 120 valence electrons. The molecule has 20 heavy (non-hydrogen) atoms. The predicted molar refractivity (Wildman–Crippen MR) is 89.0 cm³/mol. The fraction of sp³-hybridized carbons (Fsp3) is 0.944. The standard InChI is InChI=1S/C18H37NO/c1-4-7-8-9-10-11-12-13-14-15-18(20)19(16-5-2)17-6-3/h4-17H2,1-3H3. The van der Waals surface area contributed by atoms with Gasteiger partial charge in [0.05, 0.1) is 0 Å². The van der Waals surface area contributed by atoms with Crippen molar-refractivity contribution < 1.29 is 4.79 Å². The van der Waals surface area contributed by atoms with Crippen LogP contribution in [0.3, 0.4) is 0 Å². The van der Waals surface area contributed by atoms with Crippen molar-refractivity contribution in [2.45, 2.75) is 97.8 Å². The van der Waals surface area contributed by atoms with E-state index in [2.05, 4.69) is 20.8 Å². The van der Waals surface area contributed by atoms with Gasteiger partial charge >= 0.3 is 0 Å². The van der Waals surface area contributed by atoms with Gasteiger partial charge in [0.15, 0.2) is 0 Å². The second-order valence-electron chi connectivity index (χ2n) is 5.96. The van der Waals surface area contributed by atoms with Crippen LogP contribution in [-0.4, -0.2) is 23.9 Å². The Labute approximate surface area is 127 Å². The Balaban J connectivity index is 3.45. The molecule has 0 saturated heterocycles. The molecule has 0 aliphatic heterocycles. The number of rotatable bonds is 14. The second-order valence-corrected chi connectivity index (χ2v) is 5.96. The Morgan fingerprint density at radius 1 is 0.650 bits per heavy atom. The lowest BCUT2D eigenvalue weighted by Crippen LogP contribution is -2.32. The number of amides is 1. The van der Waals surface area contributed by atoms with Crippen molar-refractivity contribution in [3.8, 4) is 0 Å². The molecule has 0 aromatic rings. The third-order valence-electron chi connectivity index (χ3n) is 3.83. The normalized spacial score (nSPS) is 10.8. The minimum absolute atomic E-state index is 0.372. The first-order valence-electron chi connectivity index (χ1n) is 9.04. The summed E-state index contributed by atoms with van der Waals surface area (Å²) in [6.45, 7) is 8.43. The van der Waals surface area contributed by atoms with Crippen molar-refractivity contribution in [1.29, 1.82) is 0 Å². The van der Waals surface area contributed by atoms with Gasteiger partial charge in [0.25, 0.3) is 0 Å². The molecule has 0 aliphatic rings. The number of unbranched alkanes of at least 4 members (excludes halogenated alkanes) is 8. The summed E-state index contributed by atoms with van der Waals surface area (Å²) < 4.78 is 0. The van der Waals surface area contributed by atoms with Crippen molar-refractivity contribution in [3.05, 3.63) is 0 Å². The Bertz CT molecular complexity index is 209. The van der Waals surface area contributed by atoms with Crippen LogP contribution in [0.4, 0.5) is 0 Å². The van der Waals surface area contributed by atoms with Gasteiger partial charge in [0.2, 0.25) is 5.91 Å². The van der Waals surface area contributed by atoms with Crippen LogP contribution in [0.5, 0.6) is 0 Å². The summed E-state index contributed by atoms with van der Waals surface area (Å²) in [5.41, 5.74) is 0. The minimum atomic E-state index is 0.372. The highest BCUT2D eigenvalue weighted by molar-refractivity contribution is 5.76. The maximum Gasteiger partial charge on any atom is 0.222 e. The fourth-order valence-corrected chi connectivity index (χ4v) is 2.65. The van der Waals surface area contributed by atoms with Gasteiger partial charge in [-0.05, 0) is 19.3 Å². The SMILES string of the molecule is CCCCCCCCCCCC(=O)N(CCC)CCC. The van der Waals surface area contributed by atoms with E-state index in [0.29, 0.717) is 5.91 Å². The minimum Gasteiger partial charge on any atom is -0.343 e. The van der Waals surface area contributed by atoms with Gasteiger partial charge < -0.3 is 4.90 Å². The molecule has 0 N–H and O–H groups in total. The average molecular weight is 284 g/mol. The zero-order valence-corrected chi connectivity index (χ0v) is 14.3. The molecule has 0 fully saturated rings. The Kier molecular flexibility index (Phi) is 14.5. The van der Waals surface area contributed by atoms with Crippen LogP contribution in [0.25, 0.3) is 0 Å². The van der Waals surface area contributed by atoms with E-state index in [4.69, 9.17) is 0 Å². The lowest BCUT2D eigenvalue weighted by molar-refractivity contribution is -0.131. The maximum atomic E-state index is 12.1. The summed E-state index contributed by atoms with van der Waals surface area (Å²) in [4.78, 5) is 14.1. The molecule has 0 bridgehead atoms. The zero-order chi connectivity index (χ0) is 15.1. The third-order valence-corrected chi connectivity index (χ3v) is 3.83. The molecule has 0 spiro atoms. The summed E-state index contributed by atoms with van der Waals surface area (Å²) >= 11 is 0.